The lowest BCUT2D eigenvalue weighted by molar-refractivity contribution is 0.146. The average molecular weight is 227 g/mol. The normalized spacial score (nSPS) is 10.8. The molecule has 1 aromatic heterocycles. The highest BCUT2D eigenvalue weighted by Crippen LogP contribution is 2.27. The van der Waals surface area contributed by atoms with Crippen LogP contribution in [-0.4, -0.2) is 4.98 Å². The summed E-state index contributed by atoms with van der Waals surface area (Å²) in [5, 5.41) is 0.0564. The van der Waals surface area contributed by atoms with Gasteiger partial charge in [-0.05, 0) is 6.07 Å². The van der Waals surface area contributed by atoms with E-state index >= 15 is 0 Å². The van der Waals surface area contributed by atoms with Crippen molar-refractivity contribution < 1.29 is 8.78 Å². The Hall–Kier alpha value is -0.610. The molecular weight excluding hydrogens is 221 g/mol. The highest BCUT2D eigenvalue weighted by Gasteiger charge is 2.14. The molecule has 0 amide bonds. The second-order valence-corrected chi connectivity index (χ2v) is 3.00. The van der Waals surface area contributed by atoms with Crippen LogP contribution in [0.2, 0.25) is 5.02 Å². The minimum Gasteiger partial charge on any atom is -0.396 e. The maximum atomic E-state index is 12.2. The Bertz CT molecular complexity index is 318. The van der Waals surface area contributed by atoms with Gasteiger partial charge in [-0.1, -0.05) is 11.6 Å². The number of hydrogen-bond acceptors (Lipinski definition) is 2. The maximum absolute atomic E-state index is 12.2. The molecule has 0 unspecified atom stereocenters. The molecule has 1 aromatic rings. The SMILES string of the molecule is Nc1c(Cl)cc(C(F)F)nc1CCl. The molecular formula is C7H6Cl2F2N2. The molecule has 0 saturated carbocycles. The zero-order valence-electron chi connectivity index (χ0n) is 6.40. The number of anilines is 1. The van der Waals surface area contributed by atoms with Crippen molar-refractivity contribution >= 4 is 28.9 Å². The van der Waals surface area contributed by atoms with Crippen molar-refractivity contribution in [2.75, 3.05) is 5.73 Å². The van der Waals surface area contributed by atoms with E-state index in [2.05, 4.69) is 4.98 Å². The third-order valence-electron chi connectivity index (χ3n) is 1.46. The number of nitrogens with zero attached hydrogens (tertiary/aromatic N) is 1. The lowest BCUT2D eigenvalue weighted by Crippen LogP contribution is -2.01. The number of halogens is 4. The molecule has 13 heavy (non-hydrogen) atoms. The number of nitrogen functional groups attached to an aromatic ring is 1. The zero-order valence-corrected chi connectivity index (χ0v) is 7.91. The molecule has 0 spiro atoms. The molecule has 2 nitrogen and oxygen atoms in total. The predicted molar refractivity (Wildman–Crippen MR) is 48.2 cm³/mol. The molecule has 0 aromatic carbocycles. The first-order valence-electron chi connectivity index (χ1n) is 3.35. The van der Waals surface area contributed by atoms with Crippen LogP contribution in [0.5, 0.6) is 0 Å². The second kappa shape index (κ2) is 4.07. The highest BCUT2D eigenvalue weighted by atomic mass is 35.5. The number of aromatic nitrogens is 1. The maximum Gasteiger partial charge on any atom is 0.280 e. The molecule has 0 aliphatic heterocycles. The van der Waals surface area contributed by atoms with E-state index in [0.29, 0.717) is 0 Å². The topological polar surface area (TPSA) is 38.9 Å². The van der Waals surface area contributed by atoms with Crippen molar-refractivity contribution in [2.45, 2.75) is 12.3 Å². The van der Waals surface area contributed by atoms with Gasteiger partial charge in [-0.25, -0.2) is 13.8 Å². The summed E-state index contributed by atoms with van der Waals surface area (Å²) < 4.78 is 24.4. The van der Waals surface area contributed by atoms with Crippen LogP contribution in [0.15, 0.2) is 6.07 Å². The summed E-state index contributed by atoms with van der Waals surface area (Å²) in [5.41, 5.74) is 5.37. The van der Waals surface area contributed by atoms with Crippen molar-refractivity contribution in [3.63, 3.8) is 0 Å². The van der Waals surface area contributed by atoms with Crippen LogP contribution in [0.1, 0.15) is 17.8 Å². The summed E-state index contributed by atoms with van der Waals surface area (Å²) in [5.74, 6) is -0.0356. The first kappa shape index (κ1) is 10.5. The quantitative estimate of drug-likeness (QED) is 0.788. The first-order chi connectivity index (χ1) is 6.06. The van der Waals surface area contributed by atoms with Gasteiger partial charge in [0.2, 0.25) is 0 Å². The average Bonchev–Trinajstić information content (AvgIpc) is 2.09. The van der Waals surface area contributed by atoms with Gasteiger partial charge in [0.25, 0.3) is 6.43 Å². The smallest absolute Gasteiger partial charge is 0.280 e. The van der Waals surface area contributed by atoms with Crippen molar-refractivity contribution in [1.82, 2.24) is 4.98 Å². The lowest BCUT2D eigenvalue weighted by Gasteiger charge is -2.06. The summed E-state index contributed by atoms with van der Waals surface area (Å²) in [6, 6.07) is 1.04. The molecule has 0 radical (unpaired) electrons. The number of nitrogens with two attached hydrogens (primary N) is 1. The predicted octanol–water partition coefficient (Wildman–Crippen LogP) is 2.99. The van der Waals surface area contributed by atoms with E-state index in [4.69, 9.17) is 28.9 Å². The highest BCUT2D eigenvalue weighted by molar-refractivity contribution is 6.33. The Balaban J connectivity index is 3.22. The van der Waals surface area contributed by atoms with Crippen molar-refractivity contribution in [3.8, 4) is 0 Å². The number of hydrogen-bond donors (Lipinski definition) is 1. The van der Waals surface area contributed by atoms with Crippen LogP contribution in [-0.2, 0) is 5.88 Å². The van der Waals surface area contributed by atoms with Gasteiger partial charge >= 0.3 is 0 Å². The Morgan fingerprint density at radius 2 is 2.15 bits per heavy atom. The molecule has 1 rings (SSSR count). The van der Waals surface area contributed by atoms with E-state index in [1.54, 1.807) is 0 Å². The fraction of sp³-hybridized carbons (Fsp3) is 0.286. The molecule has 0 bridgehead atoms. The zero-order chi connectivity index (χ0) is 10.0. The minimum atomic E-state index is -2.67. The Morgan fingerprint density at radius 3 is 2.62 bits per heavy atom. The summed E-state index contributed by atoms with van der Waals surface area (Å²) >= 11 is 11.0. The van der Waals surface area contributed by atoms with E-state index in [9.17, 15) is 8.78 Å². The van der Waals surface area contributed by atoms with E-state index < -0.39 is 12.1 Å². The number of pyridine rings is 1. The van der Waals surface area contributed by atoms with Gasteiger partial charge in [0, 0.05) is 0 Å². The van der Waals surface area contributed by atoms with Gasteiger partial charge in [0.1, 0.15) is 5.69 Å². The van der Waals surface area contributed by atoms with E-state index in [-0.39, 0.29) is 22.3 Å². The summed E-state index contributed by atoms with van der Waals surface area (Å²) in [7, 11) is 0. The van der Waals surface area contributed by atoms with Gasteiger partial charge in [-0.15, -0.1) is 11.6 Å². The molecule has 0 saturated heterocycles. The first-order valence-corrected chi connectivity index (χ1v) is 4.26. The molecule has 6 heteroatoms. The third-order valence-corrected chi connectivity index (χ3v) is 2.02. The van der Waals surface area contributed by atoms with Crippen LogP contribution < -0.4 is 5.73 Å². The molecule has 0 atom stereocenters. The molecule has 2 N–H and O–H groups in total. The van der Waals surface area contributed by atoms with Gasteiger partial charge in [-0.2, -0.15) is 0 Å². The largest absolute Gasteiger partial charge is 0.396 e. The van der Waals surface area contributed by atoms with Crippen LogP contribution in [0.4, 0.5) is 14.5 Å². The van der Waals surface area contributed by atoms with Gasteiger partial charge in [0.15, 0.2) is 0 Å². The van der Waals surface area contributed by atoms with Crippen molar-refractivity contribution in [1.29, 1.82) is 0 Å². The Morgan fingerprint density at radius 1 is 1.54 bits per heavy atom. The van der Waals surface area contributed by atoms with Crippen molar-refractivity contribution in [2.24, 2.45) is 0 Å². The standard InChI is InChI=1S/C7H6Cl2F2N2/c8-2-5-6(12)3(9)1-4(13-5)7(10)11/h1,7H,2,12H2. The van der Waals surface area contributed by atoms with Gasteiger partial charge in [-0.3, -0.25) is 0 Å². The monoisotopic (exact) mass is 226 g/mol. The van der Waals surface area contributed by atoms with E-state index in [0.717, 1.165) is 6.07 Å². The van der Waals surface area contributed by atoms with E-state index in [1.165, 1.54) is 0 Å². The third kappa shape index (κ3) is 2.19. The molecule has 0 aliphatic carbocycles. The van der Waals surface area contributed by atoms with Crippen LogP contribution in [0.25, 0.3) is 0 Å². The number of rotatable bonds is 2. The Kier molecular flexibility index (Phi) is 3.27. The Labute approximate surface area is 83.7 Å². The fourth-order valence-corrected chi connectivity index (χ4v) is 1.23. The molecule has 0 fully saturated rings. The van der Waals surface area contributed by atoms with Gasteiger partial charge < -0.3 is 5.73 Å². The van der Waals surface area contributed by atoms with Gasteiger partial charge in [0.05, 0.1) is 22.3 Å². The van der Waals surface area contributed by atoms with Crippen LogP contribution in [0.3, 0.4) is 0 Å². The molecule has 72 valence electrons. The summed E-state index contributed by atoms with van der Waals surface area (Å²) in [6.07, 6.45) is -2.67. The summed E-state index contributed by atoms with van der Waals surface area (Å²) in [4.78, 5) is 3.56. The molecule has 1 heterocycles. The number of alkyl halides is 3. The molecule has 0 aliphatic rings. The van der Waals surface area contributed by atoms with Crippen LogP contribution >= 0.6 is 23.2 Å². The second-order valence-electron chi connectivity index (χ2n) is 2.32. The minimum absolute atomic E-state index is 0.0356. The van der Waals surface area contributed by atoms with E-state index in [1.807, 2.05) is 0 Å². The van der Waals surface area contributed by atoms with Crippen molar-refractivity contribution in [3.05, 3.63) is 22.5 Å². The lowest BCUT2D eigenvalue weighted by atomic mass is 10.3. The summed E-state index contributed by atoms with van der Waals surface area (Å²) in [6.45, 7) is 0. The van der Waals surface area contributed by atoms with Crippen LogP contribution in [0, 0.1) is 0 Å². The fourth-order valence-electron chi connectivity index (χ4n) is 0.807.